The van der Waals surface area contributed by atoms with Crippen molar-refractivity contribution in [1.82, 2.24) is 0 Å². The zero-order valence-corrected chi connectivity index (χ0v) is 17.3. The lowest BCUT2D eigenvalue weighted by molar-refractivity contribution is 0.0696. The van der Waals surface area contributed by atoms with Gasteiger partial charge >= 0.3 is 13.1 Å². The molecule has 0 aliphatic carbocycles. The van der Waals surface area contributed by atoms with Crippen molar-refractivity contribution in [2.75, 3.05) is 0 Å². The molecule has 4 aromatic carbocycles. The van der Waals surface area contributed by atoms with E-state index in [0.29, 0.717) is 5.46 Å². The topological polar surface area (TPSA) is 55.8 Å². The molecule has 1 saturated heterocycles. The van der Waals surface area contributed by atoms with E-state index in [9.17, 15) is 9.90 Å². The fourth-order valence-corrected chi connectivity index (χ4v) is 4.43. The number of hydrogen-bond acceptors (Lipinski definition) is 3. The molecule has 1 aliphatic rings. The Bertz CT molecular complexity index is 1170. The number of hydrogen-bond donors (Lipinski definition) is 1. The van der Waals surface area contributed by atoms with Gasteiger partial charge in [0.15, 0.2) is 0 Å². The second-order valence-electron chi connectivity index (χ2n) is 7.74. The Hall–Kier alpha value is -3.67. The molecule has 156 valence electrons. The summed E-state index contributed by atoms with van der Waals surface area (Å²) in [6.45, 7) is 0. The average Bonchev–Trinajstić information content (AvgIpc) is 3.27. The van der Waals surface area contributed by atoms with Crippen molar-refractivity contribution < 1.29 is 19.2 Å². The predicted molar refractivity (Wildman–Crippen MR) is 124 cm³/mol. The highest BCUT2D eigenvalue weighted by atomic mass is 16.7. The lowest BCUT2D eigenvalue weighted by Crippen LogP contribution is -2.39. The van der Waals surface area contributed by atoms with Gasteiger partial charge in [-0.15, -0.1) is 0 Å². The van der Waals surface area contributed by atoms with E-state index in [2.05, 4.69) is 0 Å². The van der Waals surface area contributed by atoms with Crippen LogP contribution in [0.3, 0.4) is 0 Å². The number of carboxylic acid groups (broad SMARTS) is 1. The van der Waals surface area contributed by atoms with Gasteiger partial charge in [0.25, 0.3) is 0 Å². The molecule has 4 nitrogen and oxygen atoms in total. The lowest BCUT2D eigenvalue weighted by Gasteiger charge is -2.35. The molecule has 0 unspecified atom stereocenters. The van der Waals surface area contributed by atoms with Gasteiger partial charge in [0.1, 0.15) is 11.7 Å². The number of carboxylic acids is 1. The summed E-state index contributed by atoms with van der Waals surface area (Å²) in [6, 6.07) is 36.7. The van der Waals surface area contributed by atoms with Gasteiger partial charge in [-0.2, -0.15) is 0 Å². The third-order valence-corrected chi connectivity index (χ3v) is 5.87. The van der Waals surface area contributed by atoms with E-state index in [0.717, 1.165) is 16.7 Å². The van der Waals surface area contributed by atoms with Crippen molar-refractivity contribution in [3.05, 3.63) is 138 Å². The molecule has 5 rings (SSSR count). The molecule has 0 amide bonds. The molecule has 4 aromatic rings. The van der Waals surface area contributed by atoms with Crippen molar-refractivity contribution in [2.24, 2.45) is 0 Å². The average molecular weight is 420 g/mol. The fraction of sp³-hybridized carbons (Fsp3) is 0.0741. The quantitative estimate of drug-likeness (QED) is 0.471. The summed E-state index contributed by atoms with van der Waals surface area (Å²) in [6.07, 6.45) is -0.486. The van der Waals surface area contributed by atoms with E-state index in [4.69, 9.17) is 9.31 Å². The maximum Gasteiger partial charge on any atom is 0.496 e. The molecule has 1 aliphatic heterocycles. The summed E-state index contributed by atoms with van der Waals surface area (Å²) in [5.41, 5.74) is 2.54. The Morgan fingerprint density at radius 1 is 0.719 bits per heavy atom. The summed E-state index contributed by atoms with van der Waals surface area (Å²) in [5, 5.41) is 9.76. The van der Waals surface area contributed by atoms with Crippen LogP contribution in [-0.2, 0) is 14.9 Å². The molecule has 32 heavy (non-hydrogen) atoms. The first kappa shape index (κ1) is 20.2. The number of rotatable bonds is 5. The fourth-order valence-electron chi connectivity index (χ4n) is 4.43. The Kier molecular flexibility index (Phi) is 5.35. The highest BCUT2D eigenvalue weighted by Crippen LogP contribution is 2.51. The summed E-state index contributed by atoms with van der Waals surface area (Å²) in [7, 11) is -0.854. The van der Waals surface area contributed by atoms with Gasteiger partial charge in [0, 0.05) is 0 Å². The van der Waals surface area contributed by atoms with Crippen molar-refractivity contribution >= 4 is 18.6 Å². The zero-order valence-electron chi connectivity index (χ0n) is 17.3. The summed E-state index contributed by atoms with van der Waals surface area (Å²) < 4.78 is 13.3. The molecule has 1 atom stereocenters. The monoisotopic (exact) mass is 420 g/mol. The Morgan fingerprint density at radius 2 is 1.22 bits per heavy atom. The standard InChI is InChI=1S/C27H21BO4/c29-26(30)23-18-10-11-19-24(23)28-31-25(20-12-4-1-5-13-20)27(32-28,21-14-6-2-7-15-21)22-16-8-3-9-17-22/h1-19,25H,(H,29,30)/t25-/m0/s1. The van der Waals surface area contributed by atoms with Crippen LogP contribution in [0.25, 0.3) is 0 Å². The van der Waals surface area contributed by atoms with Gasteiger partial charge in [0.05, 0.1) is 5.56 Å². The van der Waals surface area contributed by atoms with Crippen LogP contribution in [0, 0.1) is 0 Å². The van der Waals surface area contributed by atoms with Gasteiger partial charge in [-0.25, -0.2) is 4.79 Å². The zero-order chi connectivity index (χ0) is 22.0. The van der Waals surface area contributed by atoms with E-state index in [1.54, 1.807) is 24.3 Å². The first-order chi connectivity index (χ1) is 15.7. The van der Waals surface area contributed by atoms with E-state index in [-0.39, 0.29) is 5.56 Å². The second-order valence-corrected chi connectivity index (χ2v) is 7.74. The Labute approximate surface area is 187 Å². The smallest absolute Gasteiger partial charge is 0.478 e. The second kappa shape index (κ2) is 8.46. The predicted octanol–water partition coefficient (Wildman–Crippen LogP) is 4.81. The minimum atomic E-state index is -1.01. The molecule has 1 fully saturated rings. The highest BCUT2D eigenvalue weighted by molar-refractivity contribution is 6.63. The SMILES string of the molecule is O=C(O)c1ccccc1B1O[C@@H](c2ccccc2)C(c2ccccc2)(c2ccccc2)O1. The van der Waals surface area contributed by atoms with Crippen molar-refractivity contribution in [3.63, 3.8) is 0 Å². The third-order valence-electron chi connectivity index (χ3n) is 5.87. The molecule has 0 spiro atoms. The van der Waals surface area contributed by atoms with Crippen LogP contribution in [0.2, 0.25) is 0 Å². The van der Waals surface area contributed by atoms with E-state index in [1.807, 2.05) is 91.0 Å². The number of carbonyl (C=O) groups is 1. The molecule has 0 radical (unpaired) electrons. The van der Waals surface area contributed by atoms with E-state index in [1.165, 1.54) is 0 Å². The third kappa shape index (κ3) is 3.42. The van der Waals surface area contributed by atoms with Crippen molar-refractivity contribution in [2.45, 2.75) is 11.7 Å². The molecule has 5 heteroatoms. The van der Waals surface area contributed by atoms with Crippen molar-refractivity contribution in [1.29, 1.82) is 0 Å². The van der Waals surface area contributed by atoms with E-state index < -0.39 is 24.8 Å². The number of aromatic carboxylic acids is 1. The van der Waals surface area contributed by atoms with Crippen LogP contribution >= 0.6 is 0 Å². The Morgan fingerprint density at radius 3 is 1.78 bits per heavy atom. The number of benzene rings is 4. The molecule has 1 heterocycles. The molecule has 0 aromatic heterocycles. The van der Waals surface area contributed by atoms with Crippen LogP contribution in [-0.4, -0.2) is 18.2 Å². The van der Waals surface area contributed by atoms with Crippen LogP contribution in [0.1, 0.15) is 33.2 Å². The first-order valence-electron chi connectivity index (χ1n) is 10.5. The molecule has 0 saturated carbocycles. The highest BCUT2D eigenvalue weighted by Gasteiger charge is 2.55. The van der Waals surface area contributed by atoms with Gasteiger partial charge in [-0.1, -0.05) is 109 Å². The summed E-state index contributed by atoms with van der Waals surface area (Å²) >= 11 is 0. The van der Waals surface area contributed by atoms with Crippen LogP contribution in [0.5, 0.6) is 0 Å². The Balaban J connectivity index is 1.74. The summed E-state index contributed by atoms with van der Waals surface area (Å²) in [4.78, 5) is 11.9. The van der Waals surface area contributed by atoms with Crippen LogP contribution in [0.15, 0.2) is 115 Å². The van der Waals surface area contributed by atoms with Gasteiger partial charge in [-0.05, 0) is 28.2 Å². The van der Waals surface area contributed by atoms with Gasteiger partial charge in [-0.3, -0.25) is 0 Å². The summed E-state index contributed by atoms with van der Waals surface area (Å²) in [5.74, 6) is -1.01. The maximum atomic E-state index is 11.9. The normalized spacial score (nSPS) is 17.2. The minimum absolute atomic E-state index is 0.168. The first-order valence-corrected chi connectivity index (χ1v) is 10.5. The van der Waals surface area contributed by atoms with Crippen LogP contribution in [0.4, 0.5) is 0 Å². The molecule has 0 bridgehead atoms. The minimum Gasteiger partial charge on any atom is -0.478 e. The lowest BCUT2D eigenvalue weighted by atomic mass is 9.75. The molecular weight excluding hydrogens is 399 g/mol. The van der Waals surface area contributed by atoms with Gasteiger partial charge < -0.3 is 14.4 Å². The largest absolute Gasteiger partial charge is 0.496 e. The van der Waals surface area contributed by atoms with Crippen LogP contribution < -0.4 is 5.46 Å². The van der Waals surface area contributed by atoms with Crippen molar-refractivity contribution in [3.8, 4) is 0 Å². The van der Waals surface area contributed by atoms with E-state index >= 15 is 0 Å². The van der Waals surface area contributed by atoms with Gasteiger partial charge in [0.2, 0.25) is 0 Å². The molecule has 1 N–H and O–H groups in total. The maximum absolute atomic E-state index is 11.9. The molecular formula is C27H21BO4.